The minimum absolute atomic E-state index is 0.0342. The van der Waals surface area contributed by atoms with Crippen molar-refractivity contribution in [1.29, 1.82) is 0 Å². The average Bonchev–Trinajstić information content (AvgIpc) is 3.04. The maximum Gasteiger partial charge on any atom is 0.318 e. The van der Waals surface area contributed by atoms with Crippen LogP contribution in [0.3, 0.4) is 0 Å². The topological polar surface area (TPSA) is 32.3 Å². The van der Waals surface area contributed by atoms with E-state index in [1.807, 2.05) is 35.2 Å². The normalized spacial score (nSPS) is 17.5. The van der Waals surface area contributed by atoms with Crippen LogP contribution in [-0.2, 0) is 6.54 Å². The standard InChI is InChI=1S/C19H22N2O/c1-15-9-11-17(12-10-15)18-8-5-13-21(18)19(22)20-14-16-6-3-2-4-7-16/h2-4,6-7,9-12,18H,5,8,13-14H2,1H3,(H,20,22)/t18-/m0/s1. The molecule has 22 heavy (non-hydrogen) atoms. The van der Waals surface area contributed by atoms with Crippen molar-refractivity contribution in [2.24, 2.45) is 0 Å². The summed E-state index contributed by atoms with van der Waals surface area (Å²) in [6, 6.07) is 18.8. The molecule has 1 atom stereocenters. The van der Waals surface area contributed by atoms with Crippen molar-refractivity contribution >= 4 is 6.03 Å². The van der Waals surface area contributed by atoms with Gasteiger partial charge in [0, 0.05) is 13.1 Å². The molecule has 0 bridgehead atoms. The van der Waals surface area contributed by atoms with Crippen molar-refractivity contribution in [3.05, 3.63) is 71.3 Å². The smallest absolute Gasteiger partial charge is 0.318 e. The molecule has 2 aromatic rings. The lowest BCUT2D eigenvalue weighted by atomic mass is 10.0. The number of rotatable bonds is 3. The Bertz CT molecular complexity index is 622. The second-order valence-corrected chi connectivity index (χ2v) is 5.91. The number of nitrogens with zero attached hydrogens (tertiary/aromatic N) is 1. The highest BCUT2D eigenvalue weighted by molar-refractivity contribution is 5.75. The number of hydrogen-bond acceptors (Lipinski definition) is 1. The van der Waals surface area contributed by atoms with Crippen LogP contribution in [-0.4, -0.2) is 17.5 Å². The SMILES string of the molecule is Cc1ccc([C@@H]2CCCN2C(=O)NCc2ccccc2)cc1. The van der Waals surface area contributed by atoms with E-state index in [0.717, 1.165) is 24.9 Å². The van der Waals surface area contributed by atoms with Crippen LogP contribution in [0.15, 0.2) is 54.6 Å². The number of benzene rings is 2. The Hall–Kier alpha value is -2.29. The lowest BCUT2D eigenvalue weighted by Crippen LogP contribution is -2.39. The number of urea groups is 1. The van der Waals surface area contributed by atoms with Crippen LogP contribution in [0.5, 0.6) is 0 Å². The van der Waals surface area contributed by atoms with Crippen molar-refractivity contribution in [2.75, 3.05) is 6.54 Å². The van der Waals surface area contributed by atoms with Gasteiger partial charge in [-0.1, -0.05) is 60.2 Å². The molecule has 3 nitrogen and oxygen atoms in total. The van der Waals surface area contributed by atoms with Gasteiger partial charge in [0.25, 0.3) is 0 Å². The summed E-state index contributed by atoms with van der Waals surface area (Å²) in [5, 5.41) is 3.04. The van der Waals surface area contributed by atoms with Gasteiger partial charge in [-0.15, -0.1) is 0 Å². The van der Waals surface area contributed by atoms with Crippen molar-refractivity contribution in [3.8, 4) is 0 Å². The van der Waals surface area contributed by atoms with Crippen LogP contribution < -0.4 is 5.32 Å². The van der Waals surface area contributed by atoms with Gasteiger partial charge in [0.1, 0.15) is 0 Å². The Morgan fingerprint density at radius 3 is 2.59 bits per heavy atom. The molecule has 1 saturated heterocycles. The minimum atomic E-state index is 0.0342. The van der Waals surface area contributed by atoms with Crippen LogP contribution in [0, 0.1) is 6.92 Å². The summed E-state index contributed by atoms with van der Waals surface area (Å²) >= 11 is 0. The van der Waals surface area contributed by atoms with Gasteiger partial charge in [0.15, 0.2) is 0 Å². The van der Waals surface area contributed by atoms with E-state index in [-0.39, 0.29) is 12.1 Å². The summed E-state index contributed by atoms with van der Waals surface area (Å²) in [4.78, 5) is 14.5. The largest absolute Gasteiger partial charge is 0.334 e. The molecule has 0 saturated carbocycles. The molecule has 3 heteroatoms. The van der Waals surface area contributed by atoms with E-state index >= 15 is 0 Å². The number of nitrogens with one attached hydrogen (secondary N) is 1. The first-order valence-electron chi connectivity index (χ1n) is 7.89. The maximum atomic E-state index is 12.5. The van der Waals surface area contributed by atoms with Gasteiger partial charge in [-0.05, 0) is 30.9 Å². The Labute approximate surface area is 132 Å². The molecule has 2 aromatic carbocycles. The molecule has 2 amide bonds. The molecule has 1 heterocycles. The average molecular weight is 294 g/mol. The number of hydrogen-bond donors (Lipinski definition) is 1. The molecule has 0 radical (unpaired) electrons. The van der Waals surface area contributed by atoms with Gasteiger partial charge in [-0.25, -0.2) is 4.79 Å². The van der Waals surface area contributed by atoms with Crippen LogP contribution in [0.4, 0.5) is 4.79 Å². The molecule has 0 aromatic heterocycles. The predicted molar refractivity (Wildman–Crippen MR) is 88.5 cm³/mol. The van der Waals surface area contributed by atoms with Gasteiger partial charge >= 0.3 is 6.03 Å². The molecule has 1 N–H and O–H groups in total. The highest BCUT2D eigenvalue weighted by Crippen LogP contribution is 2.31. The van der Waals surface area contributed by atoms with Gasteiger partial charge in [0.05, 0.1) is 6.04 Å². The summed E-state index contributed by atoms with van der Waals surface area (Å²) in [5.74, 6) is 0. The maximum absolute atomic E-state index is 12.5. The van der Waals surface area contributed by atoms with E-state index in [4.69, 9.17) is 0 Å². The third-order valence-corrected chi connectivity index (χ3v) is 4.26. The molecule has 0 aliphatic carbocycles. The molecule has 0 spiro atoms. The first-order chi connectivity index (χ1) is 10.7. The summed E-state index contributed by atoms with van der Waals surface area (Å²) in [6.07, 6.45) is 2.11. The van der Waals surface area contributed by atoms with Crippen LogP contribution in [0.2, 0.25) is 0 Å². The van der Waals surface area contributed by atoms with E-state index in [0.29, 0.717) is 6.54 Å². The predicted octanol–water partition coefficient (Wildman–Crippen LogP) is 4.04. The summed E-state index contributed by atoms with van der Waals surface area (Å²) in [5.41, 5.74) is 3.61. The molecule has 1 aliphatic rings. The monoisotopic (exact) mass is 294 g/mol. The van der Waals surface area contributed by atoms with Crippen molar-refractivity contribution in [3.63, 3.8) is 0 Å². The number of likely N-dealkylation sites (tertiary alicyclic amines) is 1. The first kappa shape index (κ1) is 14.6. The van der Waals surface area contributed by atoms with Crippen LogP contribution in [0.25, 0.3) is 0 Å². The molecule has 1 fully saturated rings. The second kappa shape index (κ2) is 6.65. The molecular formula is C19H22N2O. The Balaban J connectivity index is 1.65. The molecular weight excluding hydrogens is 272 g/mol. The Morgan fingerprint density at radius 2 is 1.86 bits per heavy atom. The van der Waals surface area contributed by atoms with Crippen LogP contribution in [0.1, 0.15) is 35.6 Å². The van der Waals surface area contributed by atoms with Gasteiger partial charge in [0.2, 0.25) is 0 Å². The molecule has 114 valence electrons. The van der Waals surface area contributed by atoms with Gasteiger partial charge in [-0.3, -0.25) is 0 Å². The molecule has 1 aliphatic heterocycles. The Morgan fingerprint density at radius 1 is 1.14 bits per heavy atom. The lowest BCUT2D eigenvalue weighted by Gasteiger charge is -2.25. The van der Waals surface area contributed by atoms with Crippen LogP contribution >= 0.6 is 0 Å². The van der Waals surface area contributed by atoms with E-state index < -0.39 is 0 Å². The van der Waals surface area contributed by atoms with Crippen molar-refractivity contribution in [1.82, 2.24) is 10.2 Å². The third-order valence-electron chi connectivity index (χ3n) is 4.26. The molecule has 3 rings (SSSR count). The van der Waals surface area contributed by atoms with E-state index in [1.165, 1.54) is 11.1 Å². The third kappa shape index (κ3) is 3.30. The number of aryl methyl sites for hydroxylation is 1. The van der Waals surface area contributed by atoms with Gasteiger partial charge < -0.3 is 10.2 Å². The second-order valence-electron chi connectivity index (χ2n) is 5.91. The quantitative estimate of drug-likeness (QED) is 0.910. The number of amides is 2. The van der Waals surface area contributed by atoms with Crippen molar-refractivity contribution < 1.29 is 4.79 Å². The molecule has 0 unspecified atom stereocenters. The van der Waals surface area contributed by atoms with E-state index in [2.05, 4.69) is 36.5 Å². The van der Waals surface area contributed by atoms with E-state index in [1.54, 1.807) is 0 Å². The fraction of sp³-hybridized carbons (Fsp3) is 0.316. The zero-order valence-corrected chi connectivity index (χ0v) is 13.0. The fourth-order valence-electron chi connectivity index (χ4n) is 3.02. The lowest BCUT2D eigenvalue weighted by molar-refractivity contribution is 0.192. The highest BCUT2D eigenvalue weighted by Gasteiger charge is 2.29. The number of carbonyl (C=O) groups is 1. The number of carbonyl (C=O) groups excluding carboxylic acids is 1. The zero-order valence-electron chi connectivity index (χ0n) is 13.0. The van der Waals surface area contributed by atoms with Crippen molar-refractivity contribution in [2.45, 2.75) is 32.4 Å². The Kier molecular flexibility index (Phi) is 4.42. The van der Waals surface area contributed by atoms with Gasteiger partial charge in [-0.2, -0.15) is 0 Å². The zero-order chi connectivity index (χ0) is 15.4. The van der Waals surface area contributed by atoms with E-state index in [9.17, 15) is 4.79 Å². The first-order valence-corrected chi connectivity index (χ1v) is 7.89. The fourth-order valence-corrected chi connectivity index (χ4v) is 3.02. The highest BCUT2D eigenvalue weighted by atomic mass is 16.2. The minimum Gasteiger partial charge on any atom is -0.334 e. The summed E-state index contributed by atoms with van der Waals surface area (Å²) in [7, 11) is 0. The summed E-state index contributed by atoms with van der Waals surface area (Å²) < 4.78 is 0. The summed E-state index contributed by atoms with van der Waals surface area (Å²) in [6.45, 7) is 3.50.